The van der Waals surface area contributed by atoms with Crippen molar-refractivity contribution in [2.45, 2.75) is 19.4 Å². The van der Waals surface area contributed by atoms with Gasteiger partial charge in [-0.15, -0.1) is 0 Å². The number of rotatable bonds is 2. The van der Waals surface area contributed by atoms with Crippen LogP contribution in [0.15, 0.2) is 12.1 Å². The first-order valence-electron chi connectivity index (χ1n) is 7.17. The van der Waals surface area contributed by atoms with Gasteiger partial charge in [-0.05, 0) is 13.8 Å². The zero-order valence-electron chi connectivity index (χ0n) is 12.9. The van der Waals surface area contributed by atoms with Crippen molar-refractivity contribution in [3.8, 4) is 11.5 Å². The van der Waals surface area contributed by atoms with Crippen molar-refractivity contribution < 1.29 is 19.1 Å². The van der Waals surface area contributed by atoms with Crippen molar-refractivity contribution in [3.05, 3.63) is 12.1 Å². The number of benzene rings is 1. The number of nitrogens with zero attached hydrogens (tertiary/aromatic N) is 1. The summed E-state index contributed by atoms with van der Waals surface area (Å²) in [5.74, 6) is 0.830. The molecule has 7 nitrogen and oxygen atoms in total. The average Bonchev–Trinajstić information content (AvgIpc) is 2.49. The van der Waals surface area contributed by atoms with Crippen molar-refractivity contribution in [1.29, 1.82) is 0 Å². The van der Waals surface area contributed by atoms with E-state index >= 15 is 0 Å². The first-order valence-corrected chi connectivity index (χ1v) is 7.17. The van der Waals surface area contributed by atoms with Gasteiger partial charge in [-0.25, -0.2) is 0 Å². The van der Waals surface area contributed by atoms with Crippen LogP contribution in [0.5, 0.6) is 11.5 Å². The maximum absolute atomic E-state index is 12.6. The van der Waals surface area contributed by atoms with Crippen molar-refractivity contribution in [3.63, 3.8) is 0 Å². The minimum atomic E-state index is -0.801. The van der Waals surface area contributed by atoms with Crippen molar-refractivity contribution in [1.82, 2.24) is 5.32 Å². The van der Waals surface area contributed by atoms with Crippen LogP contribution in [-0.2, 0) is 9.59 Å². The Hall–Kier alpha value is -2.44. The number of nitrogens with one attached hydrogen (secondary N) is 2. The number of carbonyl (C=O) groups excluding carboxylic acids is 2. The van der Waals surface area contributed by atoms with Gasteiger partial charge in [0.2, 0.25) is 5.91 Å². The van der Waals surface area contributed by atoms with Gasteiger partial charge in [0.1, 0.15) is 25.3 Å². The summed E-state index contributed by atoms with van der Waals surface area (Å²) >= 11 is 0. The second-order valence-electron chi connectivity index (χ2n) is 5.83. The molecule has 0 saturated heterocycles. The Labute approximate surface area is 128 Å². The Balaban J connectivity index is 2.07. The van der Waals surface area contributed by atoms with Crippen LogP contribution >= 0.6 is 0 Å². The third-order valence-electron chi connectivity index (χ3n) is 3.76. The molecule has 0 aromatic heterocycles. The predicted octanol–water partition coefficient (Wildman–Crippen LogP) is 0.741. The Morgan fingerprint density at radius 1 is 1.32 bits per heavy atom. The lowest BCUT2D eigenvalue weighted by Crippen LogP contribution is -2.56. The Kier molecular flexibility index (Phi) is 3.35. The van der Waals surface area contributed by atoms with E-state index in [1.807, 2.05) is 6.07 Å². The molecule has 3 rings (SSSR count). The molecule has 2 aliphatic heterocycles. The molecule has 22 heavy (non-hydrogen) atoms. The van der Waals surface area contributed by atoms with Crippen LogP contribution in [0.2, 0.25) is 0 Å². The van der Waals surface area contributed by atoms with Gasteiger partial charge in [0.15, 0.2) is 11.5 Å². The van der Waals surface area contributed by atoms with E-state index in [4.69, 9.17) is 9.47 Å². The molecule has 0 unspecified atom stereocenters. The normalized spacial score (nSPS) is 18.3. The lowest BCUT2D eigenvalue weighted by atomic mass is 9.97. The fourth-order valence-corrected chi connectivity index (χ4v) is 2.62. The quantitative estimate of drug-likeness (QED) is 0.842. The molecule has 0 aliphatic carbocycles. The highest BCUT2D eigenvalue weighted by Gasteiger charge is 2.40. The first-order chi connectivity index (χ1) is 10.4. The molecular formula is C15H19N3O4. The van der Waals surface area contributed by atoms with Gasteiger partial charge in [-0.3, -0.25) is 14.5 Å². The Morgan fingerprint density at radius 2 is 1.95 bits per heavy atom. The smallest absolute Gasteiger partial charge is 0.252 e. The van der Waals surface area contributed by atoms with Crippen molar-refractivity contribution >= 4 is 23.2 Å². The van der Waals surface area contributed by atoms with Crippen LogP contribution in [0.1, 0.15) is 13.8 Å². The van der Waals surface area contributed by atoms with E-state index in [2.05, 4.69) is 10.6 Å². The molecule has 2 heterocycles. The van der Waals surface area contributed by atoms with E-state index in [9.17, 15) is 9.59 Å². The van der Waals surface area contributed by atoms with Crippen LogP contribution in [0, 0.1) is 0 Å². The third kappa shape index (κ3) is 2.32. The fraction of sp³-hybridized carbons (Fsp3) is 0.467. The van der Waals surface area contributed by atoms with E-state index in [0.717, 1.165) is 5.69 Å². The number of likely N-dealkylation sites (N-methyl/N-ethyl adjacent to an activating group) is 1. The monoisotopic (exact) mass is 305 g/mol. The molecule has 118 valence electrons. The number of fused-ring (bicyclic) bond motifs is 2. The summed E-state index contributed by atoms with van der Waals surface area (Å²) in [6.07, 6.45) is 0. The maximum Gasteiger partial charge on any atom is 0.252 e. The summed E-state index contributed by atoms with van der Waals surface area (Å²) < 4.78 is 11.1. The zero-order valence-corrected chi connectivity index (χ0v) is 12.9. The zero-order chi connectivity index (χ0) is 15.9. The Morgan fingerprint density at radius 3 is 2.59 bits per heavy atom. The molecule has 2 aliphatic rings. The van der Waals surface area contributed by atoms with Crippen molar-refractivity contribution in [2.75, 3.05) is 37.0 Å². The largest absolute Gasteiger partial charge is 0.486 e. The van der Waals surface area contributed by atoms with Crippen LogP contribution < -0.4 is 25.0 Å². The molecule has 0 radical (unpaired) electrons. The molecule has 2 amide bonds. The second-order valence-corrected chi connectivity index (χ2v) is 5.83. The molecule has 2 N–H and O–H groups in total. The number of anilines is 2. The van der Waals surface area contributed by atoms with Crippen LogP contribution in [0.3, 0.4) is 0 Å². The summed E-state index contributed by atoms with van der Waals surface area (Å²) in [7, 11) is 1.55. The molecule has 0 spiro atoms. The molecule has 0 bridgehead atoms. The minimum absolute atomic E-state index is 0.0346. The predicted molar refractivity (Wildman–Crippen MR) is 81.6 cm³/mol. The van der Waals surface area contributed by atoms with Gasteiger partial charge in [0.25, 0.3) is 5.91 Å². The fourth-order valence-electron chi connectivity index (χ4n) is 2.62. The van der Waals surface area contributed by atoms with Crippen molar-refractivity contribution in [2.24, 2.45) is 0 Å². The van der Waals surface area contributed by atoms with E-state index in [1.54, 1.807) is 27.0 Å². The molecule has 7 heteroatoms. The van der Waals surface area contributed by atoms with Gasteiger partial charge in [-0.2, -0.15) is 0 Å². The first kappa shape index (κ1) is 14.5. The molecule has 0 atom stereocenters. The summed E-state index contributed by atoms with van der Waals surface area (Å²) in [4.78, 5) is 25.9. The molecular weight excluding hydrogens is 286 g/mol. The summed E-state index contributed by atoms with van der Waals surface area (Å²) in [5, 5.41) is 5.74. The second kappa shape index (κ2) is 5.08. The topological polar surface area (TPSA) is 79.9 Å². The number of hydrogen-bond donors (Lipinski definition) is 2. The van der Waals surface area contributed by atoms with E-state index in [0.29, 0.717) is 30.4 Å². The van der Waals surface area contributed by atoms with Gasteiger partial charge >= 0.3 is 0 Å². The highest BCUT2D eigenvalue weighted by molar-refractivity contribution is 6.10. The highest BCUT2D eigenvalue weighted by Crippen LogP contribution is 2.43. The number of amides is 2. The van der Waals surface area contributed by atoms with E-state index in [-0.39, 0.29) is 18.4 Å². The van der Waals surface area contributed by atoms with Gasteiger partial charge < -0.3 is 20.1 Å². The van der Waals surface area contributed by atoms with Crippen LogP contribution in [0.4, 0.5) is 11.4 Å². The summed E-state index contributed by atoms with van der Waals surface area (Å²) in [5.41, 5.74) is 0.569. The van der Waals surface area contributed by atoms with Gasteiger partial charge in [-0.1, -0.05) is 0 Å². The molecule has 1 aromatic carbocycles. The van der Waals surface area contributed by atoms with Gasteiger partial charge in [0.05, 0.1) is 11.4 Å². The minimum Gasteiger partial charge on any atom is -0.486 e. The third-order valence-corrected chi connectivity index (χ3v) is 3.76. The number of carbonyl (C=O) groups is 2. The lowest BCUT2D eigenvalue weighted by Gasteiger charge is -2.40. The maximum atomic E-state index is 12.6. The SMILES string of the molecule is CNC(=O)CN1C(=O)C(C)(C)Nc2cc3c(cc21)OCCO3. The summed E-state index contributed by atoms with van der Waals surface area (Å²) in [6.45, 7) is 4.50. The van der Waals surface area contributed by atoms with E-state index < -0.39 is 5.54 Å². The van der Waals surface area contributed by atoms with Crippen LogP contribution in [0.25, 0.3) is 0 Å². The number of ether oxygens (including phenoxy) is 2. The lowest BCUT2D eigenvalue weighted by molar-refractivity contribution is -0.125. The summed E-state index contributed by atoms with van der Waals surface area (Å²) in [6, 6.07) is 3.56. The average molecular weight is 305 g/mol. The molecule has 0 fully saturated rings. The molecule has 0 saturated carbocycles. The van der Waals surface area contributed by atoms with Crippen LogP contribution in [-0.4, -0.2) is 44.2 Å². The Bertz CT molecular complexity index is 642. The highest BCUT2D eigenvalue weighted by atomic mass is 16.6. The van der Waals surface area contributed by atoms with E-state index in [1.165, 1.54) is 4.90 Å². The standard InChI is InChI=1S/C15H19N3O4/c1-15(2)14(20)18(8-13(19)16-3)10-7-12-11(6-9(10)17-15)21-4-5-22-12/h6-7,17H,4-5,8H2,1-3H3,(H,16,19). The molecule has 1 aromatic rings. The van der Waals surface area contributed by atoms with Gasteiger partial charge in [0, 0.05) is 19.2 Å². The number of hydrogen-bond acceptors (Lipinski definition) is 5.